The molecule has 0 bridgehead atoms. The molecule has 0 saturated carbocycles. The fourth-order valence-corrected chi connectivity index (χ4v) is 2.12. The van der Waals surface area contributed by atoms with Gasteiger partial charge in [0.15, 0.2) is 0 Å². The van der Waals surface area contributed by atoms with E-state index in [1.54, 1.807) is 4.57 Å². The maximum Gasteiger partial charge on any atom is 0.264 e. The van der Waals surface area contributed by atoms with Crippen LogP contribution < -0.4 is 5.56 Å². The fourth-order valence-electron chi connectivity index (χ4n) is 1.60. The normalized spacial score (nSPS) is 10.4. The monoisotopic (exact) mass is 325 g/mol. The molecule has 16 heavy (non-hydrogen) atoms. The zero-order valence-electron chi connectivity index (χ0n) is 8.98. The minimum atomic E-state index is 0.0753. The Labute approximate surface area is 108 Å². The van der Waals surface area contributed by atoms with Crippen LogP contribution in [-0.2, 0) is 6.54 Å². The predicted octanol–water partition coefficient (Wildman–Crippen LogP) is 2.81. The summed E-state index contributed by atoms with van der Waals surface area (Å²) in [6.45, 7) is 2.70. The molecule has 2 rings (SSSR count). The Kier molecular flexibility index (Phi) is 3.43. The molecule has 1 aromatic carbocycles. The summed E-state index contributed by atoms with van der Waals surface area (Å²) in [6.07, 6.45) is 1.83. The Hall–Kier alpha value is -1.10. The van der Waals surface area contributed by atoms with E-state index in [1.165, 1.54) is 11.1 Å². The van der Waals surface area contributed by atoms with Crippen LogP contribution in [0.15, 0.2) is 47.4 Å². The second kappa shape index (κ2) is 4.82. The quantitative estimate of drug-likeness (QED) is 0.779. The molecule has 0 atom stereocenters. The third-order valence-corrected chi connectivity index (χ3v) is 3.40. The maximum absolute atomic E-state index is 11.8. The Morgan fingerprint density at radius 1 is 1.19 bits per heavy atom. The lowest BCUT2D eigenvalue weighted by Crippen LogP contribution is -2.22. The molecule has 0 amide bonds. The molecule has 2 aromatic rings. The molecule has 0 aliphatic carbocycles. The molecule has 0 unspecified atom stereocenters. The maximum atomic E-state index is 11.8. The lowest BCUT2D eigenvalue weighted by Gasteiger charge is -2.08. The molecule has 0 saturated heterocycles. The van der Waals surface area contributed by atoms with Crippen molar-refractivity contribution in [1.29, 1.82) is 0 Å². The van der Waals surface area contributed by atoms with Crippen LogP contribution >= 0.6 is 22.6 Å². The molecular formula is C13H12INO. The third-order valence-electron chi connectivity index (χ3n) is 2.58. The summed E-state index contributed by atoms with van der Waals surface area (Å²) in [4.78, 5) is 11.8. The SMILES string of the molecule is Cc1ccccc1Cn1cccc(I)c1=O. The minimum absolute atomic E-state index is 0.0753. The number of pyridine rings is 1. The van der Waals surface area contributed by atoms with Crippen LogP contribution in [0, 0.1) is 10.5 Å². The molecule has 0 N–H and O–H groups in total. The number of aryl methyl sites for hydroxylation is 1. The van der Waals surface area contributed by atoms with E-state index in [9.17, 15) is 4.79 Å². The van der Waals surface area contributed by atoms with Crippen molar-refractivity contribution in [2.45, 2.75) is 13.5 Å². The largest absolute Gasteiger partial charge is 0.310 e. The first-order valence-electron chi connectivity index (χ1n) is 5.08. The number of rotatable bonds is 2. The summed E-state index contributed by atoms with van der Waals surface area (Å²) in [6, 6.07) is 11.9. The number of benzene rings is 1. The molecule has 1 aromatic heterocycles. The average molecular weight is 325 g/mol. The van der Waals surface area contributed by atoms with Crippen LogP contribution in [0.25, 0.3) is 0 Å². The number of nitrogens with zero attached hydrogens (tertiary/aromatic N) is 1. The summed E-state index contributed by atoms with van der Waals surface area (Å²) in [5.41, 5.74) is 2.48. The van der Waals surface area contributed by atoms with Gasteiger partial charge in [-0.3, -0.25) is 4.79 Å². The molecule has 1 heterocycles. The van der Waals surface area contributed by atoms with Gasteiger partial charge in [-0.05, 0) is 52.8 Å². The molecule has 82 valence electrons. The summed E-state index contributed by atoms with van der Waals surface area (Å²) >= 11 is 2.07. The van der Waals surface area contributed by atoms with Gasteiger partial charge in [0.25, 0.3) is 5.56 Å². The van der Waals surface area contributed by atoms with Crippen molar-refractivity contribution in [3.8, 4) is 0 Å². The van der Waals surface area contributed by atoms with E-state index in [4.69, 9.17) is 0 Å². The Morgan fingerprint density at radius 2 is 1.94 bits per heavy atom. The first kappa shape index (κ1) is 11.4. The first-order valence-corrected chi connectivity index (χ1v) is 6.16. The lowest BCUT2D eigenvalue weighted by molar-refractivity contribution is 0.750. The van der Waals surface area contributed by atoms with Gasteiger partial charge in [-0.25, -0.2) is 0 Å². The molecule has 0 radical (unpaired) electrons. The van der Waals surface area contributed by atoms with Crippen molar-refractivity contribution >= 4 is 22.6 Å². The Morgan fingerprint density at radius 3 is 2.69 bits per heavy atom. The zero-order chi connectivity index (χ0) is 11.5. The van der Waals surface area contributed by atoms with Crippen molar-refractivity contribution in [2.24, 2.45) is 0 Å². The van der Waals surface area contributed by atoms with Crippen LogP contribution in [0.3, 0.4) is 0 Å². The molecule has 0 aliphatic rings. The van der Waals surface area contributed by atoms with Gasteiger partial charge in [0.2, 0.25) is 0 Å². The van der Waals surface area contributed by atoms with E-state index in [1.807, 2.05) is 30.5 Å². The highest BCUT2D eigenvalue weighted by Crippen LogP contribution is 2.08. The second-order valence-electron chi connectivity index (χ2n) is 3.72. The molecular weight excluding hydrogens is 313 g/mol. The highest BCUT2D eigenvalue weighted by atomic mass is 127. The summed E-state index contributed by atoms with van der Waals surface area (Å²) in [5.74, 6) is 0. The number of aromatic nitrogens is 1. The van der Waals surface area contributed by atoms with Crippen LogP contribution in [0.1, 0.15) is 11.1 Å². The van der Waals surface area contributed by atoms with Crippen molar-refractivity contribution in [1.82, 2.24) is 4.57 Å². The van der Waals surface area contributed by atoms with E-state index < -0.39 is 0 Å². The average Bonchev–Trinajstić information content (AvgIpc) is 2.28. The van der Waals surface area contributed by atoms with Gasteiger partial charge in [0.05, 0.1) is 10.1 Å². The van der Waals surface area contributed by atoms with Gasteiger partial charge >= 0.3 is 0 Å². The summed E-state index contributed by atoms with van der Waals surface area (Å²) in [7, 11) is 0. The molecule has 0 spiro atoms. The van der Waals surface area contributed by atoms with E-state index in [2.05, 4.69) is 41.6 Å². The van der Waals surface area contributed by atoms with Crippen LogP contribution in [0.4, 0.5) is 0 Å². The van der Waals surface area contributed by atoms with Gasteiger partial charge < -0.3 is 4.57 Å². The van der Waals surface area contributed by atoms with E-state index in [0.29, 0.717) is 6.54 Å². The van der Waals surface area contributed by atoms with Crippen LogP contribution in [0.2, 0.25) is 0 Å². The smallest absolute Gasteiger partial charge is 0.264 e. The summed E-state index contributed by atoms with van der Waals surface area (Å²) in [5, 5.41) is 0. The van der Waals surface area contributed by atoms with Gasteiger partial charge in [-0.15, -0.1) is 0 Å². The topological polar surface area (TPSA) is 22.0 Å². The fraction of sp³-hybridized carbons (Fsp3) is 0.154. The highest BCUT2D eigenvalue weighted by molar-refractivity contribution is 14.1. The molecule has 3 heteroatoms. The van der Waals surface area contributed by atoms with Gasteiger partial charge in [0.1, 0.15) is 0 Å². The lowest BCUT2D eigenvalue weighted by atomic mass is 10.1. The second-order valence-corrected chi connectivity index (χ2v) is 4.88. The zero-order valence-corrected chi connectivity index (χ0v) is 11.1. The van der Waals surface area contributed by atoms with E-state index in [0.717, 1.165) is 3.57 Å². The van der Waals surface area contributed by atoms with Crippen molar-refractivity contribution < 1.29 is 0 Å². The predicted molar refractivity (Wildman–Crippen MR) is 73.7 cm³/mol. The van der Waals surface area contributed by atoms with Gasteiger partial charge in [-0.2, -0.15) is 0 Å². The third kappa shape index (κ3) is 2.35. The number of halogens is 1. The molecule has 0 fully saturated rings. The standard InChI is InChI=1S/C13H12INO/c1-10-5-2-3-6-11(10)9-15-8-4-7-12(14)13(15)16/h2-8H,9H2,1H3. The Bertz CT molecular complexity index is 560. The Balaban J connectivity index is 2.39. The first-order chi connectivity index (χ1) is 7.68. The molecule has 2 nitrogen and oxygen atoms in total. The van der Waals surface area contributed by atoms with Crippen molar-refractivity contribution in [2.75, 3.05) is 0 Å². The summed E-state index contributed by atoms with van der Waals surface area (Å²) < 4.78 is 2.50. The number of hydrogen-bond acceptors (Lipinski definition) is 1. The highest BCUT2D eigenvalue weighted by Gasteiger charge is 2.02. The van der Waals surface area contributed by atoms with Crippen molar-refractivity contribution in [3.05, 3.63) is 67.6 Å². The van der Waals surface area contributed by atoms with Gasteiger partial charge in [-0.1, -0.05) is 24.3 Å². The van der Waals surface area contributed by atoms with Crippen LogP contribution in [0.5, 0.6) is 0 Å². The molecule has 0 aliphatic heterocycles. The minimum Gasteiger partial charge on any atom is -0.310 e. The van der Waals surface area contributed by atoms with Gasteiger partial charge in [0, 0.05) is 6.20 Å². The van der Waals surface area contributed by atoms with Crippen LogP contribution in [-0.4, -0.2) is 4.57 Å². The number of hydrogen-bond donors (Lipinski definition) is 0. The van der Waals surface area contributed by atoms with E-state index >= 15 is 0 Å². The van der Waals surface area contributed by atoms with E-state index in [-0.39, 0.29) is 5.56 Å². The van der Waals surface area contributed by atoms with Crippen molar-refractivity contribution in [3.63, 3.8) is 0 Å².